The number of hydrogen-bond donors (Lipinski definition) is 0. The molecule has 0 spiro atoms. The van der Waals surface area contributed by atoms with Crippen molar-refractivity contribution in [2.45, 2.75) is 45.1 Å². The molecule has 1 amide bonds. The third-order valence-electron chi connectivity index (χ3n) is 4.62. The van der Waals surface area contributed by atoms with Crippen LogP contribution in [0.2, 0.25) is 0 Å². The quantitative estimate of drug-likeness (QED) is 0.850. The molecule has 1 fully saturated rings. The summed E-state index contributed by atoms with van der Waals surface area (Å²) in [5, 5.41) is 9.35. The summed E-state index contributed by atoms with van der Waals surface area (Å²) in [5.41, 5.74) is 1.04. The van der Waals surface area contributed by atoms with Gasteiger partial charge < -0.3 is 4.90 Å². The summed E-state index contributed by atoms with van der Waals surface area (Å²) >= 11 is 0. The minimum atomic E-state index is -0.572. The van der Waals surface area contributed by atoms with Crippen LogP contribution < -0.4 is 0 Å². The van der Waals surface area contributed by atoms with Crippen LogP contribution in [0.25, 0.3) is 0 Å². The maximum absolute atomic E-state index is 12.6. The summed E-state index contributed by atoms with van der Waals surface area (Å²) in [6, 6.07) is 12.3. The average Bonchev–Trinajstić information content (AvgIpc) is 2.53. The number of benzene rings is 1. The predicted octanol–water partition coefficient (Wildman–Crippen LogP) is 3.41. The molecule has 1 aliphatic carbocycles. The molecule has 112 valence electrons. The van der Waals surface area contributed by atoms with Crippen LogP contribution in [-0.2, 0) is 11.2 Å². The fourth-order valence-electron chi connectivity index (χ4n) is 3.09. The maximum Gasteiger partial charge on any atom is 0.240 e. The molecule has 3 heteroatoms. The van der Waals surface area contributed by atoms with Crippen LogP contribution >= 0.6 is 0 Å². The molecule has 3 nitrogen and oxygen atoms in total. The molecule has 0 heterocycles. The first-order valence-electron chi connectivity index (χ1n) is 7.82. The topological polar surface area (TPSA) is 44.1 Å². The molecule has 1 aromatic rings. The van der Waals surface area contributed by atoms with Crippen molar-refractivity contribution in [1.29, 1.82) is 5.26 Å². The fourth-order valence-corrected chi connectivity index (χ4v) is 3.09. The Morgan fingerprint density at radius 3 is 2.48 bits per heavy atom. The number of nitriles is 1. The van der Waals surface area contributed by atoms with Gasteiger partial charge in [-0.2, -0.15) is 5.26 Å². The smallest absolute Gasteiger partial charge is 0.240 e. The molecule has 1 aliphatic rings. The van der Waals surface area contributed by atoms with Crippen molar-refractivity contribution in [3.63, 3.8) is 0 Å². The Balaban J connectivity index is 1.98. The van der Waals surface area contributed by atoms with E-state index in [1.165, 1.54) is 12.8 Å². The van der Waals surface area contributed by atoms with Crippen LogP contribution in [0.5, 0.6) is 0 Å². The van der Waals surface area contributed by atoms with Crippen LogP contribution in [0.15, 0.2) is 30.3 Å². The normalized spacial score (nSPS) is 23.1. The molecular formula is C18H24N2O. The highest BCUT2D eigenvalue weighted by Gasteiger charge is 2.29. The van der Waals surface area contributed by atoms with Crippen molar-refractivity contribution >= 4 is 5.91 Å². The summed E-state index contributed by atoms with van der Waals surface area (Å²) < 4.78 is 0. The zero-order chi connectivity index (χ0) is 15.2. The van der Waals surface area contributed by atoms with E-state index in [2.05, 4.69) is 13.0 Å². The number of hydrogen-bond acceptors (Lipinski definition) is 2. The van der Waals surface area contributed by atoms with Crippen molar-refractivity contribution in [3.8, 4) is 6.07 Å². The van der Waals surface area contributed by atoms with E-state index in [0.29, 0.717) is 12.5 Å². The van der Waals surface area contributed by atoms with E-state index in [1.54, 1.807) is 0 Å². The van der Waals surface area contributed by atoms with Crippen LogP contribution in [0.1, 0.15) is 38.2 Å². The number of nitrogens with zero attached hydrogens (tertiary/aromatic N) is 2. The molecule has 0 N–H and O–H groups in total. The van der Waals surface area contributed by atoms with E-state index < -0.39 is 5.92 Å². The van der Waals surface area contributed by atoms with Gasteiger partial charge in [-0.15, -0.1) is 0 Å². The molecule has 1 saturated carbocycles. The lowest BCUT2D eigenvalue weighted by molar-refractivity contribution is -0.135. The van der Waals surface area contributed by atoms with E-state index in [-0.39, 0.29) is 5.91 Å². The van der Waals surface area contributed by atoms with Gasteiger partial charge in [-0.3, -0.25) is 4.79 Å². The van der Waals surface area contributed by atoms with Gasteiger partial charge in [0, 0.05) is 13.1 Å². The second-order valence-corrected chi connectivity index (χ2v) is 6.23. The molecular weight excluding hydrogens is 260 g/mol. The van der Waals surface area contributed by atoms with Gasteiger partial charge in [0.2, 0.25) is 5.91 Å². The van der Waals surface area contributed by atoms with Crippen LogP contribution in [0.4, 0.5) is 0 Å². The lowest BCUT2D eigenvalue weighted by Crippen LogP contribution is -2.42. The van der Waals surface area contributed by atoms with Gasteiger partial charge in [0.05, 0.1) is 6.07 Å². The second kappa shape index (κ2) is 7.26. The predicted molar refractivity (Wildman–Crippen MR) is 83.4 cm³/mol. The van der Waals surface area contributed by atoms with Crippen molar-refractivity contribution < 1.29 is 4.79 Å². The number of amides is 1. The van der Waals surface area contributed by atoms with Crippen LogP contribution in [-0.4, -0.2) is 23.9 Å². The number of carbonyl (C=O) groups excluding carboxylic acids is 1. The van der Waals surface area contributed by atoms with E-state index in [0.717, 1.165) is 24.3 Å². The van der Waals surface area contributed by atoms with Crippen molar-refractivity contribution in [2.75, 3.05) is 7.05 Å². The second-order valence-electron chi connectivity index (χ2n) is 6.23. The van der Waals surface area contributed by atoms with Crippen LogP contribution in [0, 0.1) is 23.2 Å². The Morgan fingerprint density at radius 1 is 1.29 bits per heavy atom. The zero-order valence-corrected chi connectivity index (χ0v) is 13.0. The van der Waals surface area contributed by atoms with E-state index in [1.807, 2.05) is 42.3 Å². The first kappa shape index (κ1) is 15.6. The van der Waals surface area contributed by atoms with Crippen molar-refractivity contribution in [2.24, 2.45) is 11.8 Å². The zero-order valence-electron chi connectivity index (χ0n) is 13.0. The molecule has 1 unspecified atom stereocenters. The van der Waals surface area contributed by atoms with E-state index in [4.69, 9.17) is 0 Å². The lowest BCUT2D eigenvalue weighted by Gasteiger charge is -2.34. The Bertz CT molecular complexity index is 498. The molecule has 0 aromatic heterocycles. The largest absolute Gasteiger partial charge is 0.342 e. The SMILES string of the molecule is CC1CCC(N(C)C(=O)C(C#N)Cc2ccccc2)CC1. The van der Waals surface area contributed by atoms with Crippen LogP contribution in [0.3, 0.4) is 0 Å². The van der Waals surface area contributed by atoms with Gasteiger partial charge in [0.1, 0.15) is 5.92 Å². The van der Waals surface area contributed by atoms with Crippen molar-refractivity contribution in [3.05, 3.63) is 35.9 Å². The van der Waals surface area contributed by atoms with E-state index >= 15 is 0 Å². The highest BCUT2D eigenvalue weighted by atomic mass is 16.2. The summed E-state index contributed by atoms with van der Waals surface area (Å²) in [5.74, 6) is 0.165. The van der Waals surface area contributed by atoms with E-state index in [9.17, 15) is 10.1 Å². The third kappa shape index (κ3) is 4.07. The first-order valence-corrected chi connectivity index (χ1v) is 7.82. The maximum atomic E-state index is 12.6. The molecule has 2 rings (SSSR count). The highest BCUT2D eigenvalue weighted by molar-refractivity contribution is 5.81. The van der Waals surface area contributed by atoms with Gasteiger partial charge >= 0.3 is 0 Å². The number of carbonyl (C=O) groups is 1. The minimum Gasteiger partial charge on any atom is -0.342 e. The first-order chi connectivity index (χ1) is 10.1. The minimum absolute atomic E-state index is 0.0269. The van der Waals surface area contributed by atoms with Gasteiger partial charge in [-0.25, -0.2) is 0 Å². The summed E-state index contributed by atoms with van der Waals surface area (Å²) in [6.07, 6.45) is 4.99. The summed E-state index contributed by atoms with van der Waals surface area (Å²) in [4.78, 5) is 14.4. The molecule has 0 aliphatic heterocycles. The molecule has 0 saturated heterocycles. The standard InChI is InChI=1S/C18H24N2O/c1-14-8-10-17(11-9-14)20(2)18(21)16(13-19)12-15-6-4-3-5-7-15/h3-7,14,16-17H,8-12H2,1-2H3. The molecule has 0 radical (unpaired) electrons. The van der Waals surface area contributed by atoms with Gasteiger partial charge in [0.15, 0.2) is 0 Å². The Kier molecular flexibility index (Phi) is 5.38. The summed E-state index contributed by atoms with van der Waals surface area (Å²) in [6.45, 7) is 2.27. The summed E-state index contributed by atoms with van der Waals surface area (Å²) in [7, 11) is 1.86. The van der Waals surface area contributed by atoms with Crippen molar-refractivity contribution in [1.82, 2.24) is 4.90 Å². The van der Waals surface area contributed by atoms with Gasteiger partial charge in [0.25, 0.3) is 0 Å². The fraction of sp³-hybridized carbons (Fsp3) is 0.556. The molecule has 0 bridgehead atoms. The molecule has 1 atom stereocenters. The average molecular weight is 284 g/mol. The highest BCUT2D eigenvalue weighted by Crippen LogP contribution is 2.27. The Labute approximate surface area is 127 Å². The number of rotatable bonds is 4. The monoisotopic (exact) mass is 284 g/mol. The molecule has 21 heavy (non-hydrogen) atoms. The van der Waals surface area contributed by atoms with Gasteiger partial charge in [-0.05, 0) is 43.6 Å². The molecule has 1 aromatic carbocycles. The third-order valence-corrected chi connectivity index (χ3v) is 4.62. The van der Waals surface area contributed by atoms with Gasteiger partial charge in [-0.1, -0.05) is 37.3 Å². The lowest BCUT2D eigenvalue weighted by atomic mass is 9.86. The Morgan fingerprint density at radius 2 is 1.90 bits per heavy atom. The Hall–Kier alpha value is -1.82.